The van der Waals surface area contributed by atoms with Crippen molar-refractivity contribution in [2.24, 2.45) is 5.92 Å². The Balaban J connectivity index is 1.73. The van der Waals surface area contributed by atoms with Crippen molar-refractivity contribution >= 4 is 57.6 Å². The number of para-hydroxylation sites is 1. The maximum Gasteiger partial charge on any atom is 0.294 e. The smallest absolute Gasteiger partial charge is 0.294 e. The number of fused-ring (bicyclic) bond motifs is 2. The largest absolute Gasteiger partial charge is 0.746 e. The first-order valence-electron chi connectivity index (χ1n) is 15.5. The Labute approximate surface area is 293 Å². The highest BCUT2D eigenvalue weighted by Gasteiger charge is 2.46. The van der Waals surface area contributed by atoms with Crippen LogP contribution in [0, 0.1) is 5.92 Å². The zero-order valence-corrected chi connectivity index (χ0v) is 31.0. The maximum atomic E-state index is 12.8. The molecule has 2 aromatic carbocycles. The second-order valence-electron chi connectivity index (χ2n) is 12.9. The van der Waals surface area contributed by atoms with E-state index in [2.05, 4.69) is 0 Å². The lowest BCUT2D eigenvalue weighted by atomic mass is 9.81. The van der Waals surface area contributed by atoms with Crippen LogP contribution in [0.25, 0.3) is 0 Å². The molecule has 2 unspecified atom stereocenters. The second kappa shape index (κ2) is 14.4. The maximum absolute atomic E-state index is 12.8. The van der Waals surface area contributed by atoms with Crippen molar-refractivity contribution in [1.29, 1.82) is 0 Å². The first kappa shape index (κ1) is 39.6. The van der Waals surface area contributed by atoms with Gasteiger partial charge in [-0.15, -0.1) is 0 Å². The monoisotopic (exact) mass is 772 g/mol. The Kier molecular flexibility index (Phi) is 11.4. The minimum absolute atomic E-state index is 0.0782. The molecule has 0 saturated carbocycles. The van der Waals surface area contributed by atoms with Crippen LogP contribution in [0.5, 0.6) is 0 Å². The van der Waals surface area contributed by atoms with Crippen LogP contribution in [0.1, 0.15) is 51.7 Å². The van der Waals surface area contributed by atoms with Gasteiger partial charge in [0.25, 0.3) is 30.4 Å². The molecule has 4 rings (SSSR count). The zero-order chi connectivity index (χ0) is 37.4. The van der Waals surface area contributed by atoms with Crippen molar-refractivity contribution in [2.45, 2.75) is 68.0 Å². The first-order valence-corrected chi connectivity index (χ1v) is 21.5. The van der Waals surface area contributed by atoms with Crippen LogP contribution in [0.4, 0.5) is 11.4 Å². The number of nitrogens with zero attached hydrogens (tertiary/aromatic N) is 2. The average molecular weight is 773 g/mol. The molecular formula is C32H40N2O12S4. The highest BCUT2D eigenvalue weighted by molar-refractivity contribution is 7.87. The summed E-state index contributed by atoms with van der Waals surface area (Å²) < 4.78 is 140. The summed E-state index contributed by atoms with van der Waals surface area (Å²) in [5.74, 6) is -0.995. The molecule has 0 radical (unpaired) electrons. The summed E-state index contributed by atoms with van der Waals surface area (Å²) in [6.45, 7) is 7.26. The molecule has 0 fully saturated rings. The Morgan fingerprint density at radius 2 is 1.62 bits per heavy atom. The predicted molar refractivity (Wildman–Crippen MR) is 187 cm³/mol. The Morgan fingerprint density at radius 1 is 0.960 bits per heavy atom. The van der Waals surface area contributed by atoms with Crippen molar-refractivity contribution in [1.82, 2.24) is 0 Å². The van der Waals surface area contributed by atoms with Crippen LogP contribution in [0.2, 0.25) is 0 Å². The highest BCUT2D eigenvalue weighted by atomic mass is 32.2. The highest BCUT2D eigenvalue weighted by Crippen LogP contribution is 2.42. The molecule has 0 bridgehead atoms. The number of hydrogen-bond donors (Lipinski definition) is 3. The van der Waals surface area contributed by atoms with Gasteiger partial charge in [-0.1, -0.05) is 56.4 Å². The quantitative estimate of drug-likeness (QED) is 0.108. The summed E-state index contributed by atoms with van der Waals surface area (Å²) in [6, 6.07) is 10.4. The van der Waals surface area contributed by atoms with Gasteiger partial charge in [-0.3, -0.25) is 13.7 Å². The van der Waals surface area contributed by atoms with Crippen LogP contribution in [-0.2, 0) is 52.3 Å². The zero-order valence-electron chi connectivity index (χ0n) is 27.7. The molecule has 274 valence electrons. The number of rotatable bonds is 14. The fourth-order valence-corrected chi connectivity index (χ4v) is 9.71. The minimum Gasteiger partial charge on any atom is -0.746 e. The lowest BCUT2D eigenvalue weighted by Crippen LogP contribution is -2.50. The molecule has 3 N–H and O–H groups in total. The molecule has 2 atom stereocenters. The Bertz CT molecular complexity index is 2220. The molecule has 0 aromatic heterocycles. The van der Waals surface area contributed by atoms with Crippen LogP contribution in [-0.4, -0.2) is 85.2 Å². The third-order valence-corrected chi connectivity index (χ3v) is 12.5. The van der Waals surface area contributed by atoms with Crippen molar-refractivity contribution in [3.05, 3.63) is 89.5 Å². The SMILES string of the molecule is CC(C)C(=C/C=C/C=C/C1=[N+](CCCCS(=O)(=O)O)c2ccc(S(=O)(=O)O)cc2C1(C)C)C(N1c2ccccc2CC1S(=O)(=O)O)S(=O)(=O)[O-]. The van der Waals surface area contributed by atoms with Gasteiger partial charge in [0.05, 0.1) is 16.1 Å². The number of allylic oxidation sites excluding steroid dienone is 5. The lowest BCUT2D eigenvalue weighted by Gasteiger charge is -2.38. The molecule has 2 heterocycles. The van der Waals surface area contributed by atoms with Gasteiger partial charge in [0.2, 0.25) is 5.69 Å². The molecule has 0 amide bonds. The third kappa shape index (κ3) is 8.79. The summed E-state index contributed by atoms with van der Waals surface area (Å²) in [7, 11) is -18.7. The molecular weight excluding hydrogens is 733 g/mol. The third-order valence-electron chi connectivity index (χ3n) is 8.76. The number of hydrogen-bond acceptors (Lipinski definition) is 10. The van der Waals surface area contributed by atoms with Crippen molar-refractivity contribution < 1.29 is 56.5 Å². The molecule has 2 aromatic rings. The van der Waals surface area contributed by atoms with Crippen LogP contribution >= 0.6 is 0 Å². The molecule has 2 aliphatic rings. The van der Waals surface area contributed by atoms with E-state index in [0.29, 0.717) is 35.5 Å². The van der Waals surface area contributed by atoms with Crippen molar-refractivity contribution in [3.8, 4) is 0 Å². The van der Waals surface area contributed by atoms with Crippen LogP contribution in [0.3, 0.4) is 0 Å². The summed E-state index contributed by atoms with van der Waals surface area (Å²) in [6.07, 6.45) is 8.07. The molecule has 14 nitrogen and oxygen atoms in total. The normalized spacial score (nSPS) is 19.2. The molecule has 2 aliphatic heterocycles. The van der Waals surface area contributed by atoms with E-state index in [1.807, 2.05) is 18.4 Å². The van der Waals surface area contributed by atoms with Gasteiger partial charge in [0, 0.05) is 36.2 Å². The summed E-state index contributed by atoms with van der Waals surface area (Å²) in [4.78, 5) is 0.643. The van der Waals surface area contributed by atoms with E-state index in [0.717, 1.165) is 4.90 Å². The molecule has 0 aliphatic carbocycles. The number of unbranched alkanes of at least 4 members (excludes halogenated alkanes) is 1. The van der Waals surface area contributed by atoms with Gasteiger partial charge < -0.3 is 9.45 Å². The Morgan fingerprint density at radius 3 is 2.20 bits per heavy atom. The van der Waals surface area contributed by atoms with Gasteiger partial charge in [-0.05, 0) is 55.5 Å². The fraction of sp³-hybridized carbons (Fsp3) is 0.406. The first-order chi connectivity index (χ1) is 22.9. The van der Waals surface area contributed by atoms with E-state index in [1.54, 1.807) is 50.3 Å². The standard InChI is InChI=1S/C32H40N2O12S4/c1-22(2)25(31(50(44,45)46)34-27-14-9-8-12-23(27)20-30(34)49(41,42)43)13-6-5-7-15-29-32(3,4)26-21-24(48(38,39)40)16-17-28(26)33(29)18-10-11-19-47(35,36)37/h5-9,12-17,21-22,30-31H,10-11,18-20H2,1-4H3,(H3-,35,36,37,38,39,40,41,42,43,44,45,46)/b6-5+,15-7+,25-13?. The van der Waals surface area contributed by atoms with Gasteiger partial charge >= 0.3 is 0 Å². The van der Waals surface area contributed by atoms with Gasteiger partial charge in [-0.25, -0.2) is 8.42 Å². The lowest BCUT2D eigenvalue weighted by molar-refractivity contribution is -0.438. The van der Waals surface area contributed by atoms with Crippen LogP contribution < -0.4 is 4.90 Å². The molecule has 50 heavy (non-hydrogen) atoms. The minimum atomic E-state index is -5.22. The van der Waals surface area contributed by atoms with Gasteiger partial charge in [0.1, 0.15) is 22.0 Å². The van der Waals surface area contributed by atoms with E-state index in [1.165, 1.54) is 36.4 Å². The van der Waals surface area contributed by atoms with Crippen molar-refractivity contribution in [3.63, 3.8) is 0 Å². The fourth-order valence-electron chi connectivity index (χ4n) is 6.42. The number of anilines is 1. The van der Waals surface area contributed by atoms with E-state index in [9.17, 15) is 47.3 Å². The molecule has 0 saturated heterocycles. The summed E-state index contributed by atoms with van der Waals surface area (Å²) >= 11 is 0. The van der Waals surface area contributed by atoms with E-state index < -0.39 is 68.3 Å². The van der Waals surface area contributed by atoms with E-state index in [-0.39, 0.29) is 29.0 Å². The van der Waals surface area contributed by atoms with E-state index in [4.69, 9.17) is 4.55 Å². The summed E-state index contributed by atoms with van der Waals surface area (Å²) in [5, 5.41) is -3.66. The predicted octanol–water partition coefficient (Wildman–Crippen LogP) is 3.82. The van der Waals surface area contributed by atoms with Crippen LogP contribution in [0.15, 0.2) is 83.3 Å². The average Bonchev–Trinajstić information content (AvgIpc) is 3.45. The molecule has 18 heteroatoms. The molecule has 0 spiro atoms. The van der Waals surface area contributed by atoms with Gasteiger partial charge in [-0.2, -0.15) is 29.8 Å². The number of benzene rings is 2. The Hall–Kier alpha value is -3.23. The topological polar surface area (TPSA) is 227 Å². The van der Waals surface area contributed by atoms with E-state index >= 15 is 0 Å². The second-order valence-corrected chi connectivity index (χ2v) is 18.9. The van der Waals surface area contributed by atoms with Gasteiger partial charge in [0.15, 0.2) is 11.1 Å². The van der Waals surface area contributed by atoms with Crippen molar-refractivity contribution in [2.75, 3.05) is 17.2 Å². The summed E-state index contributed by atoms with van der Waals surface area (Å²) in [5.41, 5.74) is 1.80.